The van der Waals surface area contributed by atoms with E-state index >= 15 is 0 Å². The maximum Gasteiger partial charge on any atom is 0.333 e. The number of nitrogens with one attached hydrogen (secondary N) is 2. The molecule has 1 aromatic carbocycles. The molecular weight excluding hydrogens is 726 g/mol. The van der Waals surface area contributed by atoms with Gasteiger partial charge in [-0.1, -0.05) is 64.4 Å². The number of carbonyl (C=O) groups excluding carboxylic acids is 9. The zero-order chi connectivity index (χ0) is 42.4. The van der Waals surface area contributed by atoms with Crippen LogP contribution in [0.3, 0.4) is 0 Å². The van der Waals surface area contributed by atoms with Crippen LogP contribution in [0.25, 0.3) is 0 Å². The van der Waals surface area contributed by atoms with Crippen molar-refractivity contribution in [3.05, 3.63) is 35.9 Å². The highest BCUT2D eigenvalue weighted by atomic mass is 16.2. The number of hydrogen-bond acceptors (Lipinski definition) is 9. The van der Waals surface area contributed by atoms with E-state index in [0.717, 1.165) is 48.1 Å². The van der Waals surface area contributed by atoms with Crippen molar-refractivity contribution < 1.29 is 43.2 Å². The molecule has 2 rings (SSSR count). The highest BCUT2D eigenvalue weighted by Crippen LogP contribution is 2.19. The Balaban J connectivity index is 2.37. The Labute approximate surface area is 329 Å². The number of hydrogen-bond donors (Lipinski definition) is 3. The lowest BCUT2D eigenvalue weighted by molar-refractivity contribution is -0.145. The van der Waals surface area contributed by atoms with Crippen molar-refractivity contribution in [2.75, 3.05) is 48.3 Å². The van der Waals surface area contributed by atoms with Crippen molar-refractivity contribution in [1.82, 2.24) is 40.0 Å². The lowest BCUT2D eigenvalue weighted by Crippen LogP contribution is -2.61. The number of rotatable bonds is 14. The number of nitrogens with zero attached hydrogens (tertiary/aromatic N) is 6. The van der Waals surface area contributed by atoms with Crippen LogP contribution < -0.4 is 16.4 Å². The standard InChI is InChI=1S/C38H59N9O9/c1-10-25(4)31(40-32(50)27(21-24(2)3)43(6)38(56)44(7)29(48)23-30(49)47-19-15-12-16-20-47)34(52)42(5)28(22-26-17-13-11-14-18-26)33(51)45(8)36(54)41-37(55)46(9)35(39)53/h11,13-14,17-18,24-25,27-28,31H,10,12,15-16,19-23H2,1-9H3,(H2,39,53)(H,40,50)(H,41,54,55)/t25-,27-,28-,31-/m0/s1. The molecule has 18 nitrogen and oxygen atoms in total. The minimum Gasteiger partial charge on any atom is -0.351 e. The van der Waals surface area contributed by atoms with E-state index in [2.05, 4.69) is 5.32 Å². The van der Waals surface area contributed by atoms with Crippen LogP contribution >= 0.6 is 0 Å². The number of urea groups is 4. The Kier molecular flexibility index (Phi) is 17.9. The maximum absolute atomic E-state index is 14.4. The van der Waals surface area contributed by atoms with Gasteiger partial charge in [0.05, 0.1) is 0 Å². The van der Waals surface area contributed by atoms with E-state index in [4.69, 9.17) is 5.73 Å². The number of likely N-dealkylation sites (tertiary alicyclic amines) is 1. The second-order valence-corrected chi connectivity index (χ2v) is 14.7. The van der Waals surface area contributed by atoms with Crippen LogP contribution in [0.2, 0.25) is 0 Å². The van der Waals surface area contributed by atoms with Gasteiger partial charge in [0.15, 0.2) is 0 Å². The van der Waals surface area contributed by atoms with Crippen molar-refractivity contribution in [2.24, 2.45) is 17.6 Å². The lowest BCUT2D eigenvalue weighted by Gasteiger charge is -2.36. The van der Waals surface area contributed by atoms with Gasteiger partial charge in [-0.2, -0.15) is 0 Å². The molecule has 0 radical (unpaired) electrons. The van der Waals surface area contributed by atoms with Crippen LogP contribution in [0.5, 0.6) is 0 Å². The predicted octanol–water partition coefficient (Wildman–Crippen LogP) is 2.21. The average molecular weight is 786 g/mol. The van der Waals surface area contributed by atoms with Gasteiger partial charge in [-0.25, -0.2) is 24.1 Å². The van der Waals surface area contributed by atoms with Crippen molar-refractivity contribution in [2.45, 2.75) is 90.8 Å². The highest BCUT2D eigenvalue weighted by Gasteiger charge is 2.40. The van der Waals surface area contributed by atoms with Crippen molar-refractivity contribution in [1.29, 1.82) is 0 Å². The molecule has 18 heteroatoms. The molecular formula is C38H59N9O9. The number of likely N-dealkylation sites (N-methyl/N-ethyl adjacent to an activating group) is 3. The number of amides is 13. The van der Waals surface area contributed by atoms with Gasteiger partial charge in [-0.15, -0.1) is 0 Å². The molecule has 1 aromatic rings. The van der Waals surface area contributed by atoms with Gasteiger partial charge in [0.25, 0.3) is 5.91 Å². The Hall–Kier alpha value is -5.55. The van der Waals surface area contributed by atoms with E-state index < -0.39 is 78.2 Å². The first kappa shape index (κ1) is 46.6. The van der Waals surface area contributed by atoms with Gasteiger partial charge >= 0.3 is 24.1 Å². The molecule has 0 aliphatic carbocycles. The fourth-order valence-electron chi connectivity index (χ4n) is 6.08. The Morgan fingerprint density at radius 3 is 1.86 bits per heavy atom. The fraction of sp³-hybridized carbons (Fsp3) is 0.605. The number of piperidine rings is 1. The van der Waals surface area contributed by atoms with Gasteiger partial charge in [0.1, 0.15) is 24.5 Å². The quantitative estimate of drug-likeness (QED) is 0.235. The largest absolute Gasteiger partial charge is 0.351 e. The topological polar surface area (TPSA) is 223 Å². The fourth-order valence-corrected chi connectivity index (χ4v) is 6.08. The minimum absolute atomic E-state index is 0.0519. The molecule has 0 spiro atoms. The molecule has 0 saturated carbocycles. The summed E-state index contributed by atoms with van der Waals surface area (Å²) in [6, 6.07) is 0.759. The summed E-state index contributed by atoms with van der Waals surface area (Å²) >= 11 is 0. The number of imide groups is 4. The lowest BCUT2D eigenvalue weighted by atomic mass is 9.95. The molecule has 4 atom stereocenters. The normalized spacial score (nSPS) is 14.6. The Morgan fingerprint density at radius 1 is 0.750 bits per heavy atom. The highest BCUT2D eigenvalue weighted by molar-refractivity contribution is 6.07. The molecule has 1 aliphatic rings. The molecule has 4 N–H and O–H groups in total. The van der Waals surface area contributed by atoms with Crippen LogP contribution in [0.4, 0.5) is 19.2 Å². The maximum atomic E-state index is 14.4. The predicted molar refractivity (Wildman–Crippen MR) is 206 cm³/mol. The molecule has 56 heavy (non-hydrogen) atoms. The third kappa shape index (κ3) is 12.8. The van der Waals surface area contributed by atoms with Crippen LogP contribution in [-0.2, 0) is 30.4 Å². The molecule has 310 valence electrons. The van der Waals surface area contributed by atoms with E-state index in [1.54, 1.807) is 42.2 Å². The molecule has 0 bridgehead atoms. The number of carbonyl (C=O) groups is 9. The summed E-state index contributed by atoms with van der Waals surface area (Å²) in [7, 11) is 6.13. The SMILES string of the molecule is CC[C@H](C)[C@H](NC(=O)[C@H](CC(C)C)N(C)C(=O)N(C)C(=O)CC(=O)N1CCCCC1)C(=O)N(C)[C@@H](Cc1ccccc1)C(=O)N(C)C(=O)NC(=O)N(C)C(N)=O. The summed E-state index contributed by atoms with van der Waals surface area (Å²) in [6.07, 6.45) is 2.74. The zero-order valence-electron chi connectivity index (χ0n) is 34.1. The van der Waals surface area contributed by atoms with E-state index in [1.807, 2.05) is 26.1 Å². The summed E-state index contributed by atoms with van der Waals surface area (Å²) in [4.78, 5) is 124. The first-order valence-electron chi connectivity index (χ1n) is 18.8. The summed E-state index contributed by atoms with van der Waals surface area (Å²) in [6.45, 7) is 8.35. The summed E-state index contributed by atoms with van der Waals surface area (Å²) in [5, 5.41) is 4.71. The summed E-state index contributed by atoms with van der Waals surface area (Å²) in [5.74, 6) is -3.88. The second kappa shape index (κ2) is 21.5. The number of nitrogens with two attached hydrogens (primary N) is 1. The van der Waals surface area contributed by atoms with Gasteiger partial charge in [-0.05, 0) is 43.1 Å². The van der Waals surface area contributed by atoms with Gasteiger partial charge in [0.2, 0.25) is 23.6 Å². The van der Waals surface area contributed by atoms with E-state index in [9.17, 15) is 43.2 Å². The van der Waals surface area contributed by atoms with Gasteiger partial charge in [-0.3, -0.25) is 39.1 Å². The molecule has 13 amide bonds. The third-order valence-corrected chi connectivity index (χ3v) is 10.1. The Morgan fingerprint density at radius 2 is 1.32 bits per heavy atom. The first-order valence-corrected chi connectivity index (χ1v) is 18.8. The van der Waals surface area contributed by atoms with E-state index in [0.29, 0.717) is 34.9 Å². The van der Waals surface area contributed by atoms with Crippen LogP contribution in [0.15, 0.2) is 30.3 Å². The molecule has 1 heterocycles. The molecule has 1 fully saturated rings. The number of benzene rings is 1. The Bertz CT molecular complexity index is 1600. The van der Waals surface area contributed by atoms with E-state index in [-0.39, 0.29) is 24.7 Å². The van der Waals surface area contributed by atoms with Crippen LogP contribution in [0, 0.1) is 11.8 Å². The number of primary amides is 1. The molecule has 1 aliphatic heterocycles. The summed E-state index contributed by atoms with van der Waals surface area (Å²) in [5.41, 5.74) is 5.74. The van der Waals surface area contributed by atoms with Crippen LogP contribution in [-0.4, -0.2) is 150 Å². The molecule has 0 unspecified atom stereocenters. The van der Waals surface area contributed by atoms with Gasteiger partial charge in [0, 0.05) is 54.7 Å². The van der Waals surface area contributed by atoms with Crippen molar-refractivity contribution >= 4 is 53.7 Å². The van der Waals surface area contributed by atoms with Crippen molar-refractivity contribution in [3.8, 4) is 0 Å². The minimum atomic E-state index is -1.31. The average Bonchev–Trinajstić information content (AvgIpc) is 3.18. The zero-order valence-corrected chi connectivity index (χ0v) is 34.1. The van der Waals surface area contributed by atoms with Gasteiger partial charge < -0.3 is 25.8 Å². The summed E-state index contributed by atoms with van der Waals surface area (Å²) < 4.78 is 0. The van der Waals surface area contributed by atoms with Crippen LogP contribution in [0.1, 0.15) is 71.8 Å². The third-order valence-electron chi connectivity index (χ3n) is 10.1. The second-order valence-electron chi connectivity index (χ2n) is 14.7. The molecule has 0 aromatic heterocycles. The smallest absolute Gasteiger partial charge is 0.333 e. The van der Waals surface area contributed by atoms with Crippen molar-refractivity contribution in [3.63, 3.8) is 0 Å². The molecule has 1 saturated heterocycles. The van der Waals surface area contributed by atoms with E-state index in [1.165, 1.54) is 21.1 Å². The monoisotopic (exact) mass is 785 g/mol. The first-order chi connectivity index (χ1) is 26.2.